The van der Waals surface area contributed by atoms with Crippen LogP contribution in [0.25, 0.3) is 0 Å². The maximum absolute atomic E-state index is 8.61. The summed E-state index contributed by atoms with van der Waals surface area (Å²) in [5.41, 5.74) is 0. The van der Waals surface area contributed by atoms with Gasteiger partial charge in [0.1, 0.15) is 0 Å². The fourth-order valence-electron chi connectivity index (χ4n) is 0. The van der Waals surface area contributed by atoms with E-state index in [2.05, 4.69) is 0 Å². The summed E-state index contributed by atoms with van der Waals surface area (Å²) in [5, 5.41) is 0. The molecule has 0 radical (unpaired) electrons. The third-order valence-corrected chi connectivity index (χ3v) is 0. The predicted molar refractivity (Wildman–Crippen MR) is 16.8 cm³/mol. The number of rotatable bonds is 0. The van der Waals surface area contributed by atoms with Crippen molar-refractivity contribution >= 4 is 41.1 Å². The molecular weight excluding hydrogens is 562 g/mol. The van der Waals surface area contributed by atoms with Crippen molar-refractivity contribution in [3.63, 3.8) is 0 Å². The Balaban J connectivity index is -0.00000000800. The second-order valence-electron chi connectivity index (χ2n) is 0.500. The summed E-state index contributed by atoms with van der Waals surface area (Å²) >= 11 is -8.59. The van der Waals surface area contributed by atoms with E-state index in [4.69, 9.17) is 19.9 Å². The third-order valence-electron chi connectivity index (χ3n) is 0. The van der Waals surface area contributed by atoms with E-state index < -0.39 is 41.1 Å². The summed E-state index contributed by atoms with van der Waals surface area (Å²) in [7, 11) is 0. The second kappa shape index (κ2) is 36.4. The molecule has 0 saturated heterocycles. The number of hydrogen-bond acceptors (Lipinski definition) is 8. The SMILES string of the molecule is [OH-].[OH-].[O]=[Sn]([O-])[O-].[O]=[Sn]([O-])[O-].[Zn+2].[Zn+2].[Zn+2]. The van der Waals surface area contributed by atoms with Crippen molar-refractivity contribution in [1.29, 1.82) is 0 Å². The standard InChI is InChI=1S/2H2O.6O.2Sn.3Zn/h2*1H2;;;;;;;;;;;/q;;;;4*-1;;;3*+2/p-2. The van der Waals surface area contributed by atoms with Gasteiger partial charge < -0.3 is 11.0 Å². The molecule has 0 aliphatic heterocycles. The van der Waals surface area contributed by atoms with Crippen LogP contribution < -0.4 is 13.8 Å². The Bertz CT molecular complexity index is 75.4. The van der Waals surface area contributed by atoms with Gasteiger partial charge in [0.05, 0.1) is 0 Å². The van der Waals surface area contributed by atoms with Gasteiger partial charge in [0.15, 0.2) is 0 Å². The van der Waals surface area contributed by atoms with Gasteiger partial charge in [-0.2, -0.15) is 0 Å². The first kappa shape index (κ1) is 44.7. The van der Waals surface area contributed by atoms with Crippen LogP contribution in [0.2, 0.25) is 0 Å². The molecule has 13 heavy (non-hydrogen) atoms. The average molecular weight is 564 g/mol. The zero-order valence-corrected chi connectivity index (χ0v) is 21.1. The zero-order chi connectivity index (χ0) is 7.15. The van der Waals surface area contributed by atoms with Gasteiger partial charge in [-0.05, 0) is 0 Å². The maximum atomic E-state index is 8.61. The summed E-state index contributed by atoms with van der Waals surface area (Å²) in [4.78, 5) is 0. The van der Waals surface area contributed by atoms with Crippen molar-refractivity contribution in [3.8, 4) is 0 Å². The Hall–Kier alpha value is 2.83. The van der Waals surface area contributed by atoms with Gasteiger partial charge in [0.25, 0.3) is 0 Å². The van der Waals surface area contributed by atoms with Crippen LogP contribution in [0.5, 0.6) is 0 Å². The Kier molecular flexibility index (Phi) is 125. The van der Waals surface area contributed by atoms with E-state index in [9.17, 15) is 0 Å². The molecule has 8 nitrogen and oxygen atoms in total. The van der Waals surface area contributed by atoms with Gasteiger partial charge in [0, 0.05) is 0 Å². The van der Waals surface area contributed by atoms with Crippen LogP contribution in [-0.4, -0.2) is 52.1 Å². The zero-order valence-electron chi connectivity index (χ0n) is 6.47. The molecule has 0 fully saturated rings. The molecule has 0 bridgehead atoms. The molecule has 0 aromatic heterocycles. The van der Waals surface area contributed by atoms with Crippen LogP contribution >= 0.6 is 0 Å². The van der Waals surface area contributed by atoms with Crippen molar-refractivity contribution in [2.24, 2.45) is 0 Å². The fourth-order valence-corrected chi connectivity index (χ4v) is 0. The van der Waals surface area contributed by atoms with Crippen LogP contribution in [0, 0.1) is 0 Å². The molecule has 0 rings (SSSR count). The first-order valence-electron chi connectivity index (χ1n) is 1.22. The Morgan fingerprint density at radius 2 is 0.615 bits per heavy atom. The van der Waals surface area contributed by atoms with Crippen molar-refractivity contribution in [3.05, 3.63) is 0 Å². The van der Waals surface area contributed by atoms with Crippen LogP contribution in [0.4, 0.5) is 0 Å². The molecule has 0 unspecified atom stereocenters. The molecule has 64 valence electrons. The van der Waals surface area contributed by atoms with Gasteiger partial charge in [-0.3, -0.25) is 0 Å². The number of hydrogen-bond donors (Lipinski definition) is 0. The summed E-state index contributed by atoms with van der Waals surface area (Å²) in [6, 6.07) is 0. The van der Waals surface area contributed by atoms with E-state index in [0.29, 0.717) is 0 Å². The molecular formula is H2O8Sn2Zn3. The quantitative estimate of drug-likeness (QED) is 0.260. The van der Waals surface area contributed by atoms with E-state index in [0.717, 1.165) is 0 Å². The maximum Gasteiger partial charge on any atom is 2.00 e. The first-order valence-corrected chi connectivity index (χ1v) is 8.22. The topological polar surface area (TPSA) is 186 Å². The molecule has 0 atom stereocenters. The van der Waals surface area contributed by atoms with E-state index >= 15 is 0 Å². The molecule has 0 aliphatic rings. The normalized spacial score (nSPS) is 4.00. The first-order chi connectivity index (χ1) is 3.46. The van der Waals surface area contributed by atoms with Crippen molar-refractivity contribution < 1.29 is 89.3 Å². The molecule has 0 saturated carbocycles. The molecule has 0 aromatic rings. The van der Waals surface area contributed by atoms with Gasteiger partial charge in [0.2, 0.25) is 0 Å². The minimum Gasteiger partial charge on any atom is 2.00 e. The molecule has 2 N–H and O–H groups in total. The molecule has 13 heteroatoms. The van der Waals surface area contributed by atoms with Gasteiger partial charge in [-0.25, -0.2) is 0 Å². The summed E-state index contributed by atoms with van der Waals surface area (Å²) < 4.78 is 51.7. The Labute approximate surface area is 128 Å². The summed E-state index contributed by atoms with van der Waals surface area (Å²) in [5.74, 6) is 0. The van der Waals surface area contributed by atoms with Crippen LogP contribution in [0.3, 0.4) is 0 Å². The van der Waals surface area contributed by atoms with E-state index in [1.165, 1.54) is 0 Å². The van der Waals surface area contributed by atoms with Crippen LogP contribution in [0.1, 0.15) is 0 Å². The van der Waals surface area contributed by atoms with Crippen molar-refractivity contribution in [2.75, 3.05) is 0 Å². The largest absolute Gasteiger partial charge is 2.00 e. The van der Waals surface area contributed by atoms with Crippen LogP contribution in [-0.2, 0) is 64.6 Å². The molecule has 0 spiro atoms. The van der Waals surface area contributed by atoms with Gasteiger partial charge >= 0.3 is 120 Å². The molecule has 0 aliphatic carbocycles. The molecule has 0 aromatic carbocycles. The van der Waals surface area contributed by atoms with Gasteiger partial charge in [-0.15, -0.1) is 0 Å². The van der Waals surface area contributed by atoms with Crippen molar-refractivity contribution in [2.45, 2.75) is 0 Å². The Morgan fingerprint density at radius 1 is 0.615 bits per heavy atom. The van der Waals surface area contributed by atoms with E-state index in [1.807, 2.05) is 0 Å². The van der Waals surface area contributed by atoms with E-state index in [-0.39, 0.29) is 69.4 Å². The monoisotopic (exact) mass is 562 g/mol. The molecule has 0 amide bonds. The minimum absolute atomic E-state index is 0. The summed E-state index contributed by atoms with van der Waals surface area (Å²) in [6.45, 7) is 0. The Morgan fingerprint density at radius 3 is 0.615 bits per heavy atom. The minimum atomic E-state index is -4.29. The second-order valence-corrected chi connectivity index (χ2v) is 3.35. The molecule has 0 heterocycles. The smallest absolute Gasteiger partial charge is 2.00 e. The predicted octanol–water partition coefficient (Wildman–Crippen LogP) is -6.12. The van der Waals surface area contributed by atoms with Crippen molar-refractivity contribution in [1.82, 2.24) is 0 Å². The van der Waals surface area contributed by atoms with E-state index in [1.54, 1.807) is 0 Å². The summed E-state index contributed by atoms with van der Waals surface area (Å²) in [6.07, 6.45) is 0. The van der Waals surface area contributed by atoms with Gasteiger partial charge in [-0.1, -0.05) is 0 Å². The van der Waals surface area contributed by atoms with Crippen LogP contribution in [0.15, 0.2) is 0 Å². The average Bonchev–Trinajstić information content (AvgIpc) is 1.25. The fraction of sp³-hybridized carbons (Fsp3) is 0. The third kappa shape index (κ3) is 305.